The van der Waals surface area contributed by atoms with Gasteiger partial charge in [0.25, 0.3) is 0 Å². The van der Waals surface area contributed by atoms with Gasteiger partial charge < -0.3 is 10.2 Å². The van der Waals surface area contributed by atoms with Crippen molar-refractivity contribution in [1.82, 2.24) is 5.32 Å². The molecule has 2 rings (SSSR count). The van der Waals surface area contributed by atoms with Gasteiger partial charge in [-0.05, 0) is 36.6 Å². The van der Waals surface area contributed by atoms with Gasteiger partial charge in [-0.2, -0.15) is 0 Å². The van der Waals surface area contributed by atoms with Crippen LogP contribution in [-0.2, 0) is 6.54 Å². The lowest BCUT2D eigenvalue weighted by molar-refractivity contribution is 0.555. The van der Waals surface area contributed by atoms with Crippen molar-refractivity contribution in [3.05, 3.63) is 29.3 Å². The van der Waals surface area contributed by atoms with Crippen molar-refractivity contribution in [2.75, 3.05) is 24.5 Å². The summed E-state index contributed by atoms with van der Waals surface area (Å²) in [4.78, 5) is 1.84. The number of hydrogen-bond donors (Lipinski definition) is 1. The highest BCUT2D eigenvalue weighted by Crippen LogP contribution is 2.30. The third-order valence-corrected chi connectivity index (χ3v) is 3.84. The van der Waals surface area contributed by atoms with E-state index < -0.39 is 11.6 Å². The SMILES string of the molecule is CCNCc1cc(F)c(N2CCC(CC)C2)c(F)c1. The van der Waals surface area contributed by atoms with E-state index in [0.29, 0.717) is 18.0 Å². The topological polar surface area (TPSA) is 15.3 Å². The van der Waals surface area contributed by atoms with E-state index in [4.69, 9.17) is 0 Å². The Morgan fingerprint density at radius 3 is 2.47 bits per heavy atom. The van der Waals surface area contributed by atoms with E-state index in [1.54, 1.807) is 0 Å². The predicted octanol–water partition coefficient (Wildman–Crippen LogP) is 3.31. The molecule has 0 saturated carbocycles. The Labute approximate surface area is 113 Å². The Hall–Kier alpha value is -1.16. The highest BCUT2D eigenvalue weighted by Gasteiger charge is 2.26. The minimum absolute atomic E-state index is 0.149. The standard InChI is InChI=1S/C15H22F2N2/c1-3-11-5-6-19(10-11)15-13(16)7-12(8-14(15)17)9-18-4-2/h7-8,11,18H,3-6,9-10H2,1-2H3. The summed E-state index contributed by atoms with van der Waals surface area (Å²) in [5, 5.41) is 3.08. The highest BCUT2D eigenvalue weighted by molar-refractivity contribution is 5.51. The fourth-order valence-corrected chi connectivity index (χ4v) is 2.66. The zero-order valence-electron chi connectivity index (χ0n) is 11.7. The number of benzene rings is 1. The summed E-state index contributed by atoms with van der Waals surface area (Å²) in [6.45, 7) is 6.89. The first-order valence-electron chi connectivity index (χ1n) is 7.09. The molecule has 0 radical (unpaired) electrons. The lowest BCUT2D eigenvalue weighted by Crippen LogP contribution is -2.22. The van der Waals surface area contributed by atoms with Crippen LogP contribution >= 0.6 is 0 Å². The van der Waals surface area contributed by atoms with Crippen LogP contribution in [0.15, 0.2) is 12.1 Å². The smallest absolute Gasteiger partial charge is 0.149 e. The number of rotatable bonds is 5. The minimum atomic E-state index is -0.440. The molecule has 1 unspecified atom stereocenters. The molecule has 1 atom stereocenters. The van der Waals surface area contributed by atoms with Crippen molar-refractivity contribution >= 4 is 5.69 Å². The van der Waals surface area contributed by atoms with Crippen LogP contribution in [0.5, 0.6) is 0 Å². The molecule has 1 aromatic carbocycles. The molecule has 1 aromatic rings. The van der Waals surface area contributed by atoms with Crippen LogP contribution in [0.25, 0.3) is 0 Å². The van der Waals surface area contributed by atoms with Crippen LogP contribution in [0.4, 0.5) is 14.5 Å². The van der Waals surface area contributed by atoms with Gasteiger partial charge in [0.15, 0.2) is 0 Å². The largest absolute Gasteiger partial charge is 0.367 e. The summed E-state index contributed by atoms with van der Waals surface area (Å²) in [7, 11) is 0. The normalized spacial score (nSPS) is 19.2. The summed E-state index contributed by atoms with van der Waals surface area (Å²) in [6.07, 6.45) is 2.09. The van der Waals surface area contributed by atoms with Gasteiger partial charge in [0, 0.05) is 19.6 Å². The van der Waals surface area contributed by atoms with E-state index in [1.165, 1.54) is 12.1 Å². The first kappa shape index (κ1) is 14.3. The minimum Gasteiger partial charge on any atom is -0.367 e. The van der Waals surface area contributed by atoms with Crippen LogP contribution in [0.1, 0.15) is 32.3 Å². The van der Waals surface area contributed by atoms with Crippen molar-refractivity contribution in [2.45, 2.75) is 33.2 Å². The van der Waals surface area contributed by atoms with Gasteiger partial charge >= 0.3 is 0 Å². The third kappa shape index (κ3) is 3.24. The van der Waals surface area contributed by atoms with Gasteiger partial charge in [0.05, 0.1) is 0 Å². The second kappa shape index (κ2) is 6.33. The molecule has 4 heteroatoms. The Kier molecular flexibility index (Phi) is 4.75. The third-order valence-electron chi connectivity index (χ3n) is 3.84. The maximum absolute atomic E-state index is 14.1. The fourth-order valence-electron chi connectivity index (χ4n) is 2.66. The number of nitrogens with one attached hydrogen (secondary N) is 1. The van der Waals surface area contributed by atoms with Gasteiger partial charge in [-0.15, -0.1) is 0 Å². The van der Waals surface area contributed by atoms with Crippen molar-refractivity contribution < 1.29 is 8.78 Å². The molecule has 0 amide bonds. The second-order valence-electron chi connectivity index (χ2n) is 5.20. The van der Waals surface area contributed by atoms with E-state index in [0.717, 1.165) is 32.5 Å². The summed E-state index contributed by atoms with van der Waals surface area (Å²) >= 11 is 0. The van der Waals surface area contributed by atoms with E-state index in [-0.39, 0.29) is 5.69 Å². The van der Waals surface area contributed by atoms with Gasteiger partial charge in [0.1, 0.15) is 17.3 Å². The Morgan fingerprint density at radius 2 is 1.95 bits per heavy atom. The summed E-state index contributed by atoms with van der Waals surface area (Å²) in [5.41, 5.74) is 0.808. The fraction of sp³-hybridized carbons (Fsp3) is 0.600. The molecular formula is C15H22F2N2. The molecule has 0 aromatic heterocycles. The lowest BCUT2D eigenvalue weighted by atomic mass is 10.1. The molecule has 1 fully saturated rings. The van der Waals surface area contributed by atoms with Crippen molar-refractivity contribution in [3.8, 4) is 0 Å². The average molecular weight is 268 g/mol. The zero-order valence-corrected chi connectivity index (χ0v) is 11.7. The van der Waals surface area contributed by atoms with E-state index >= 15 is 0 Å². The van der Waals surface area contributed by atoms with Crippen LogP contribution < -0.4 is 10.2 Å². The first-order chi connectivity index (χ1) is 9.15. The second-order valence-corrected chi connectivity index (χ2v) is 5.20. The Bertz CT molecular complexity index is 411. The number of hydrogen-bond acceptors (Lipinski definition) is 2. The molecule has 0 aliphatic carbocycles. The molecule has 1 heterocycles. The number of anilines is 1. The molecule has 0 bridgehead atoms. The van der Waals surface area contributed by atoms with Gasteiger partial charge in [-0.25, -0.2) is 8.78 Å². The van der Waals surface area contributed by atoms with Crippen molar-refractivity contribution in [2.24, 2.45) is 5.92 Å². The Balaban J connectivity index is 2.17. The average Bonchev–Trinajstić information content (AvgIpc) is 2.84. The highest BCUT2D eigenvalue weighted by atomic mass is 19.1. The molecule has 2 nitrogen and oxygen atoms in total. The van der Waals surface area contributed by atoms with Crippen LogP contribution in [0.2, 0.25) is 0 Å². The molecule has 19 heavy (non-hydrogen) atoms. The number of halogens is 2. The van der Waals surface area contributed by atoms with Crippen molar-refractivity contribution in [1.29, 1.82) is 0 Å². The monoisotopic (exact) mass is 268 g/mol. The van der Waals surface area contributed by atoms with E-state index in [2.05, 4.69) is 12.2 Å². The lowest BCUT2D eigenvalue weighted by Gasteiger charge is -2.20. The molecule has 1 saturated heterocycles. The van der Waals surface area contributed by atoms with Crippen LogP contribution in [0.3, 0.4) is 0 Å². The maximum Gasteiger partial charge on any atom is 0.149 e. The molecular weight excluding hydrogens is 246 g/mol. The molecule has 1 N–H and O–H groups in total. The molecule has 106 valence electrons. The molecule has 0 spiro atoms. The first-order valence-corrected chi connectivity index (χ1v) is 7.09. The van der Waals surface area contributed by atoms with E-state index in [9.17, 15) is 8.78 Å². The van der Waals surface area contributed by atoms with Gasteiger partial charge in [-0.3, -0.25) is 0 Å². The maximum atomic E-state index is 14.1. The van der Waals surface area contributed by atoms with Crippen LogP contribution in [0, 0.1) is 17.6 Å². The predicted molar refractivity (Wildman–Crippen MR) is 74.3 cm³/mol. The van der Waals surface area contributed by atoms with Gasteiger partial charge in [-0.1, -0.05) is 20.3 Å². The van der Waals surface area contributed by atoms with Crippen molar-refractivity contribution in [3.63, 3.8) is 0 Å². The quantitative estimate of drug-likeness (QED) is 0.881. The number of nitrogens with zero attached hydrogens (tertiary/aromatic N) is 1. The zero-order chi connectivity index (χ0) is 13.8. The Morgan fingerprint density at radius 1 is 1.26 bits per heavy atom. The summed E-state index contributed by atoms with van der Waals surface area (Å²) in [5.74, 6) is -0.324. The van der Waals surface area contributed by atoms with E-state index in [1.807, 2.05) is 11.8 Å². The molecule has 1 aliphatic heterocycles. The summed E-state index contributed by atoms with van der Waals surface area (Å²) in [6, 6.07) is 2.89. The van der Waals surface area contributed by atoms with Gasteiger partial charge in [0.2, 0.25) is 0 Å². The molecule has 1 aliphatic rings. The van der Waals surface area contributed by atoms with Crippen LogP contribution in [-0.4, -0.2) is 19.6 Å². The summed E-state index contributed by atoms with van der Waals surface area (Å²) < 4.78 is 28.2.